The van der Waals surface area contributed by atoms with E-state index in [9.17, 15) is 0 Å². The number of halogens is 1. The van der Waals surface area contributed by atoms with Crippen LogP contribution in [0.1, 0.15) is 29.7 Å². The molecule has 1 atom stereocenters. The molecule has 3 N–H and O–H groups in total. The Kier molecular flexibility index (Phi) is 6.05. The van der Waals surface area contributed by atoms with Gasteiger partial charge in [0.2, 0.25) is 0 Å². The lowest BCUT2D eigenvalue weighted by Crippen LogP contribution is -2.28. The number of aromatic amines is 1. The van der Waals surface area contributed by atoms with Gasteiger partial charge in [-0.05, 0) is 68.6 Å². The first-order valence-electron chi connectivity index (χ1n) is 8.97. The third-order valence-corrected chi connectivity index (χ3v) is 6.04. The van der Waals surface area contributed by atoms with E-state index in [4.69, 9.17) is 5.73 Å². The molecule has 0 bridgehead atoms. The summed E-state index contributed by atoms with van der Waals surface area (Å²) in [6.07, 6.45) is 7.95. The molecule has 1 aromatic carbocycles. The summed E-state index contributed by atoms with van der Waals surface area (Å²) in [6, 6.07) is 10.9. The first kappa shape index (κ1) is 19.7. The average Bonchev–Trinajstić information content (AvgIpc) is 3.31. The van der Waals surface area contributed by atoms with Crippen LogP contribution in [0.25, 0.3) is 16.5 Å². The van der Waals surface area contributed by atoms with E-state index in [0.29, 0.717) is 11.9 Å². The number of allylic oxidation sites excluding steroid dienone is 1. The highest BCUT2D eigenvalue weighted by molar-refractivity contribution is 7.12. The standard InChI is InChI=1S/C21H24N4S.ClH/c1-25(2)16-8-5-14(6-9-16)18-13-23-19-10-7-15(12-17(18)19)24-21(22)20-4-3-11-26-20;/h3-5,7,10-13,16,23H,6,8-9H2,1-2H3,(H2,22,24);1H/t16-;/m1./s1. The number of benzene rings is 1. The van der Waals surface area contributed by atoms with Crippen molar-refractivity contribution >= 4 is 51.7 Å². The summed E-state index contributed by atoms with van der Waals surface area (Å²) in [7, 11) is 4.33. The first-order valence-corrected chi connectivity index (χ1v) is 9.85. The number of nitrogens with one attached hydrogen (secondary N) is 1. The third kappa shape index (κ3) is 4.10. The highest BCUT2D eigenvalue weighted by Gasteiger charge is 2.18. The second kappa shape index (κ2) is 8.30. The highest BCUT2D eigenvalue weighted by Crippen LogP contribution is 2.34. The summed E-state index contributed by atoms with van der Waals surface area (Å²) in [5.41, 5.74) is 10.9. The number of amidine groups is 1. The van der Waals surface area contributed by atoms with Crippen molar-refractivity contribution in [1.82, 2.24) is 9.88 Å². The van der Waals surface area contributed by atoms with Crippen molar-refractivity contribution in [3.8, 4) is 0 Å². The Morgan fingerprint density at radius 2 is 2.15 bits per heavy atom. The van der Waals surface area contributed by atoms with Crippen molar-refractivity contribution in [2.45, 2.75) is 25.3 Å². The van der Waals surface area contributed by atoms with Crippen molar-refractivity contribution in [1.29, 1.82) is 0 Å². The van der Waals surface area contributed by atoms with Gasteiger partial charge in [-0.3, -0.25) is 0 Å². The molecule has 0 amide bonds. The Bertz CT molecular complexity index is 969. The minimum absolute atomic E-state index is 0. The normalized spacial score (nSPS) is 17.8. The third-order valence-electron chi connectivity index (χ3n) is 5.15. The fourth-order valence-electron chi connectivity index (χ4n) is 3.60. The molecule has 0 radical (unpaired) electrons. The number of fused-ring (bicyclic) bond motifs is 1. The number of thiophene rings is 1. The molecule has 0 saturated carbocycles. The van der Waals surface area contributed by atoms with Gasteiger partial charge in [0.1, 0.15) is 5.84 Å². The zero-order valence-electron chi connectivity index (χ0n) is 15.6. The van der Waals surface area contributed by atoms with E-state index in [1.54, 1.807) is 11.3 Å². The number of aromatic nitrogens is 1. The van der Waals surface area contributed by atoms with Crippen LogP contribution in [0.15, 0.2) is 53.0 Å². The fourth-order valence-corrected chi connectivity index (χ4v) is 4.22. The van der Waals surface area contributed by atoms with E-state index in [-0.39, 0.29) is 12.4 Å². The Morgan fingerprint density at radius 1 is 1.30 bits per heavy atom. The fraction of sp³-hybridized carbons (Fsp3) is 0.286. The van der Waals surface area contributed by atoms with Gasteiger partial charge in [-0.15, -0.1) is 23.7 Å². The lowest BCUT2D eigenvalue weighted by Gasteiger charge is -2.27. The van der Waals surface area contributed by atoms with Crippen molar-refractivity contribution in [3.05, 3.63) is 58.4 Å². The summed E-state index contributed by atoms with van der Waals surface area (Å²) >= 11 is 1.61. The van der Waals surface area contributed by atoms with Crippen LogP contribution < -0.4 is 5.73 Å². The molecule has 0 saturated heterocycles. The maximum absolute atomic E-state index is 6.15. The van der Waals surface area contributed by atoms with E-state index in [0.717, 1.165) is 28.9 Å². The summed E-state index contributed by atoms with van der Waals surface area (Å²) < 4.78 is 0. The number of hydrogen-bond acceptors (Lipinski definition) is 3. The molecule has 2 heterocycles. The van der Waals surface area contributed by atoms with Crippen LogP contribution in [0.3, 0.4) is 0 Å². The summed E-state index contributed by atoms with van der Waals surface area (Å²) in [6.45, 7) is 0. The molecule has 0 spiro atoms. The first-order chi connectivity index (χ1) is 12.6. The Labute approximate surface area is 170 Å². The smallest absolute Gasteiger partial charge is 0.141 e. The molecule has 0 aliphatic heterocycles. The monoisotopic (exact) mass is 400 g/mol. The van der Waals surface area contributed by atoms with Crippen LogP contribution in [0.2, 0.25) is 0 Å². The van der Waals surface area contributed by atoms with E-state index >= 15 is 0 Å². The molecule has 1 aliphatic carbocycles. The molecule has 6 heteroatoms. The van der Waals surface area contributed by atoms with Gasteiger partial charge in [-0.2, -0.15) is 0 Å². The Balaban J connectivity index is 0.00000210. The molecule has 4 rings (SSSR count). The minimum Gasteiger partial charge on any atom is -0.383 e. The van der Waals surface area contributed by atoms with Crippen LogP contribution >= 0.6 is 23.7 Å². The summed E-state index contributed by atoms with van der Waals surface area (Å²) in [4.78, 5) is 11.3. The zero-order valence-corrected chi connectivity index (χ0v) is 17.2. The van der Waals surface area contributed by atoms with Gasteiger partial charge in [0.15, 0.2) is 0 Å². The Morgan fingerprint density at radius 3 is 2.81 bits per heavy atom. The molecule has 3 aromatic rings. The molecule has 0 fully saturated rings. The van der Waals surface area contributed by atoms with Gasteiger partial charge in [-0.1, -0.05) is 12.1 Å². The largest absolute Gasteiger partial charge is 0.383 e. The molecule has 1 aliphatic rings. The SMILES string of the molecule is CN(C)[C@@H]1CC=C(c2c[nH]c3ccc(N=C(N)c4cccs4)cc23)CC1.Cl. The maximum atomic E-state index is 6.15. The second-order valence-corrected chi connectivity index (χ2v) is 7.98. The van der Waals surface area contributed by atoms with E-state index in [1.807, 2.05) is 23.6 Å². The minimum atomic E-state index is 0. The molecule has 2 aromatic heterocycles. The van der Waals surface area contributed by atoms with Gasteiger partial charge >= 0.3 is 0 Å². The Hall–Kier alpha value is -2.08. The van der Waals surface area contributed by atoms with Crippen molar-refractivity contribution in [2.75, 3.05) is 14.1 Å². The van der Waals surface area contributed by atoms with Gasteiger partial charge in [0.25, 0.3) is 0 Å². The molecule has 0 unspecified atom stereocenters. The molecule has 27 heavy (non-hydrogen) atoms. The number of nitrogens with two attached hydrogens (primary N) is 1. The number of nitrogens with zero attached hydrogens (tertiary/aromatic N) is 2. The van der Waals surface area contributed by atoms with Gasteiger partial charge in [-0.25, -0.2) is 4.99 Å². The number of rotatable bonds is 4. The molecule has 4 nitrogen and oxygen atoms in total. The number of hydrogen-bond donors (Lipinski definition) is 2. The number of aliphatic imine (C=N–C) groups is 1. The topological polar surface area (TPSA) is 57.4 Å². The number of H-pyrrole nitrogens is 1. The summed E-state index contributed by atoms with van der Waals surface area (Å²) in [5, 5.41) is 3.24. The van der Waals surface area contributed by atoms with Crippen LogP contribution in [-0.2, 0) is 0 Å². The average molecular weight is 401 g/mol. The van der Waals surface area contributed by atoms with Crippen LogP contribution in [0, 0.1) is 0 Å². The quantitative estimate of drug-likeness (QED) is 0.468. The van der Waals surface area contributed by atoms with Gasteiger partial charge in [0, 0.05) is 28.7 Å². The lowest BCUT2D eigenvalue weighted by molar-refractivity contribution is 0.278. The van der Waals surface area contributed by atoms with E-state index < -0.39 is 0 Å². The lowest BCUT2D eigenvalue weighted by atomic mass is 9.90. The van der Waals surface area contributed by atoms with Gasteiger partial charge < -0.3 is 15.6 Å². The predicted octanol–water partition coefficient (Wildman–Crippen LogP) is 5.19. The van der Waals surface area contributed by atoms with Crippen LogP contribution in [0.4, 0.5) is 5.69 Å². The van der Waals surface area contributed by atoms with Crippen molar-refractivity contribution < 1.29 is 0 Å². The van der Waals surface area contributed by atoms with E-state index in [2.05, 4.69) is 53.4 Å². The van der Waals surface area contributed by atoms with E-state index in [1.165, 1.54) is 22.9 Å². The second-order valence-electron chi connectivity index (χ2n) is 7.03. The predicted molar refractivity (Wildman–Crippen MR) is 120 cm³/mol. The molecular weight excluding hydrogens is 376 g/mol. The molecular formula is C21H25ClN4S. The highest BCUT2D eigenvalue weighted by atomic mass is 35.5. The van der Waals surface area contributed by atoms with Crippen molar-refractivity contribution in [3.63, 3.8) is 0 Å². The van der Waals surface area contributed by atoms with Crippen LogP contribution in [-0.4, -0.2) is 35.9 Å². The molecule has 142 valence electrons. The maximum Gasteiger partial charge on any atom is 0.141 e. The van der Waals surface area contributed by atoms with Crippen molar-refractivity contribution in [2.24, 2.45) is 10.7 Å². The van der Waals surface area contributed by atoms with Crippen LogP contribution in [0.5, 0.6) is 0 Å². The zero-order chi connectivity index (χ0) is 18.1. The van der Waals surface area contributed by atoms with Gasteiger partial charge in [0.05, 0.1) is 10.6 Å². The summed E-state index contributed by atoms with van der Waals surface area (Å²) in [5.74, 6) is 0.571.